The van der Waals surface area contributed by atoms with Crippen molar-refractivity contribution in [3.05, 3.63) is 83.7 Å². The minimum Gasteiger partial charge on any atom is -0.371 e. The predicted molar refractivity (Wildman–Crippen MR) is 137 cm³/mol. The molecule has 3 aliphatic rings. The number of anilines is 3. The lowest BCUT2D eigenvalue weighted by molar-refractivity contribution is 0.0984. The third-order valence-corrected chi connectivity index (χ3v) is 7.51. The van der Waals surface area contributed by atoms with Crippen molar-refractivity contribution in [2.75, 3.05) is 41.3 Å². The number of benzene rings is 2. The Kier molecular flexibility index (Phi) is 5.60. The molecule has 0 spiro atoms. The van der Waals surface area contributed by atoms with E-state index in [-0.39, 0.29) is 18.0 Å². The van der Waals surface area contributed by atoms with E-state index in [4.69, 9.17) is 0 Å². The van der Waals surface area contributed by atoms with Crippen LogP contribution in [0.3, 0.4) is 0 Å². The average molecular weight is 468 g/mol. The molecule has 0 saturated carbocycles. The van der Waals surface area contributed by atoms with E-state index in [1.165, 1.54) is 11.1 Å². The van der Waals surface area contributed by atoms with Gasteiger partial charge < -0.3 is 20.0 Å². The normalized spacial score (nSPS) is 18.1. The highest BCUT2D eigenvalue weighted by molar-refractivity contribution is 6.06. The Labute approximate surface area is 205 Å². The fourth-order valence-corrected chi connectivity index (χ4v) is 5.59. The molecule has 3 amide bonds. The highest BCUT2D eigenvalue weighted by Crippen LogP contribution is 2.30. The first-order chi connectivity index (χ1) is 17.2. The number of para-hydroxylation sites is 2. The largest absolute Gasteiger partial charge is 0.371 e. The molecule has 7 heteroatoms. The summed E-state index contributed by atoms with van der Waals surface area (Å²) in [5.41, 5.74) is 5.80. The van der Waals surface area contributed by atoms with Crippen LogP contribution in [0.4, 0.5) is 21.9 Å². The van der Waals surface area contributed by atoms with Crippen LogP contribution in [-0.4, -0.2) is 54.0 Å². The van der Waals surface area contributed by atoms with Crippen molar-refractivity contribution in [2.24, 2.45) is 0 Å². The van der Waals surface area contributed by atoms with Gasteiger partial charge in [0.2, 0.25) is 0 Å². The van der Waals surface area contributed by atoms with Gasteiger partial charge in [-0.15, -0.1) is 0 Å². The summed E-state index contributed by atoms with van der Waals surface area (Å²) in [6.45, 7) is 3.10. The minimum absolute atomic E-state index is 0.00362. The van der Waals surface area contributed by atoms with Crippen molar-refractivity contribution in [1.82, 2.24) is 9.88 Å². The predicted octanol–water partition coefficient (Wildman–Crippen LogP) is 4.34. The zero-order chi connectivity index (χ0) is 23.8. The maximum Gasteiger partial charge on any atom is 0.322 e. The molecule has 1 aromatic heterocycles. The van der Waals surface area contributed by atoms with Gasteiger partial charge in [0.15, 0.2) is 0 Å². The van der Waals surface area contributed by atoms with Crippen LogP contribution in [0.2, 0.25) is 0 Å². The highest BCUT2D eigenvalue weighted by Gasteiger charge is 2.31. The zero-order valence-electron chi connectivity index (χ0n) is 19.7. The fraction of sp³-hybridized carbons (Fsp3) is 0.321. The van der Waals surface area contributed by atoms with Gasteiger partial charge in [-0.2, -0.15) is 0 Å². The zero-order valence-corrected chi connectivity index (χ0v) is 19.7. The third kappa shape index (κ3) is 4.11. The topological polar surface area (TPSA) is 68.8 Å². The van der Waals surface area contributed by atoms with E-state index in [9.17, 15) is 9.59 Å². The van der Waals surface area contributed by atoms with Gasteiger partial charge in [-0.1, -0.05) is 36.4 Å². The number of aromatic nitrogens is 1. The van der Waals surface area contributed by atoms with E-state index in [1.54, 1.807) is 6.20 Å². The molecule has 35 heavy (non-hydrogen) atoms. The molecule has 6 rings (SSSR count). The summed E-state index contributed by atoms with van der Waals surface area (Å²) in [4.78, 5) is 36.7. The SMILES string of the molecule is O=C(c1cc(N2CCC(N3CCc4ccccc4NC3=O)CC2)ccn1)N1CCc2ccccc21. The second kappa shape index (κ2) is 9.06. The Morgan fingerprint density at radius 3 is 2.49 bits per heavy atom. The number of hydrogen-bond acceptors (Lipinski definition) is 4. The smallest absolute Gasteiger partial charge is 0.322 e. The molecule has 0 unspecified atom stereocenters. The Morgan fingerprint density at radius 1 is 0.886 bits per heavy atom. The van der Waals surface area contributed by atoms with Gasteiger partial charge in [-0.05, 0) is 61.1 Å². The minimum atomic E-state index is -0.0486. The van der Waals surface area contributed by atoms with Gasteiger partial charge in [0.25, 0.3) is 5.91 Å². The number of piperidine rings is 1. The van der Waals surface area contributed by atoms with Gasteiger partial charge >= 0.3 is 6.03 Å². The number of urea groups is 1. The summed E-state index contributed by atoms with van der Waals surface area (Å²) in [7, 11) is 0. The molecule has 1 fully saturated rings. The van der Waals surface area contributed by atoms with Crippen LogP contribution in [0.25, 0.3) is 0 Å². The first-order valence-electron chi connectivity index (χ1n) is 12.4. The van der Waals surface area contributed by atoms with Crippen LogP contribution < -0.4 is 15.1 Å². The molecular weight excluding hydrogens is 438 g/mol. The lowest BCUT2D eigenvalue weighted by Crippen LogP contribution is -2.49. The maximum atomic E-state index is 13.3. The van der Waals surface area contributed by atoms with Crippen LogP contribution in [0.15, 0.2) is 66.9 Å². The molecule has 1 saturated heterocycles. The number of fused-ring (bicyclic) bond motifs is 2. The second-order valence-corrected chi connectivity index (χ2v) is 9.48. The van der Waals surface area contributed by atoms with E-state index in [1.807, 2.05) is 58.3 Å². The molecule has 0 radical (unpaired) electrons. The van der Waals surface area contributed by atoms with Crippen molar-refractivity contribution < 1.29 is 9.59 Å². The molecule has 178 valence electrons. The highest BCUT2D eigenvalue weighted by atomic mass is 16.2. The van der Waals surface area contributed by atoms with E-state index >= 15 is 0 Å². The number of nitrogens with zero attached hydrogens (tertiary/aromatic N) is 4. The number of hydrogen-bond donors (Lipinski definition) is 1. The molecule has 3 aliphatic heterocycles. The summed E-state index contributed by atoms with van der Waals surface area (Å²) in [5.74, 6) is -0.0486. The van der Waals surface area contributed by atoms with Crippen molar-refractivity contribution in [1.29, 1.82) is 0 Å². The summed E-state index contributed by atoms with van der Waals surface area (Å²) >= 11 is 0. The Balaban J connectivity index is 1.12. The van der Waals surface area contributed by atoms with E-state index in [0.717, 1.165) is 62.4 Å². The number of amides is 3. The summed E-state index contributed by atoms with van der Waals surface area (Å²) in [6, 6.07) is 20.2. The van der Waals surface area contributed by atoms with E-state index < -0.39 is 0 Å². The van der Waals surface area contributed by atoms with Crippen molar-refractivity contribution in [2.45, 2.75) is 31.7 Å². The standard InChI is InChI=1S/C28H29N5O2/c34-27(33-18-11-21-6-2-4-8-26(21)33)25-19-23(9-14-29-25)31-15-12-22(13-16-31)32-17-10-20-5-1-3-7-24(20)30-28(32)35/h1-9,14,19,22H,10-13,15-18H2,(H,30,35). The second-order valence-electron chi connectivity index (χ2n) is 9.48. The molecular formula is C28H29N5O2. The first-order valence-corrected chi connectivity index (χ1v) is 12.4. The van der Waals surface area contributed by atoms with Gasteiger partial charge in [-0.3, -0.25) is 9.78 Å². The van der Waals surface area contributed by atoms with Crippen molar-refractivity contribution >= 4 is 29.0 Å². The van der Waals surface area contributed by atoms with E-state index in [2.05, 4.69) is 27.3 Å². The Morgan fingerprint density at radius 2 is 1.63 bits per heavy atom. The quantitative estimate of drug-likeness (QED) is 0.622. The molecule has 4 heterocycles. The van der Waals surface area contributed by atoms with Gasteiger partial charge in [-0.25, -0.2) is 4.79 Å². The van der Waals surface area contributed by atoms with Crippen LogP contribution in [-0.2, 0) is 12.8 Å². The molecule has 3 aromatic rings. The Hall–Kier alpha value is -3.87. The molecule has 0 aliphatic carbocycles. The van der Waals surface area contributed by atoms with Crippen LogP contribution in [0.5, 0.6) is 0 Å². The molecule has 2 aromatic carbocycles. The van der Waals surface area contributed by atoms with Gasteiger partial charge in [0.1, 0.15) is 5.69 Å². The maximum absolute atomic E-state index is 13.3. The summed E-state index contributed by atoms with van der Waals surface area (Å²) in [5, 5.41) is 3.09. The first kappa shape index (κ1) is 21.6. The number of rotatable bonds is 3. The molecule has 0 atom stereocenters. The van der Waals surface area contributed by atoms with Crippen LogP contribution >= 0.6 is 0 Å². The van der Waals surface area contributed by atoms with Crippen molar-refractivity contribution in [3.63, 3.8) is 0 Å². The third-order valence-electron chi connectivity index (χ3n) is 7.51. The van der Waals surface area contributed by atoms with E-state index in [0.29, 0.717) is 12.2 Å². The molecule has 0 bridgehead atoms. The number of pyridine rings is 1. The molecule has 7 nitrogen and oxygen atoms in total. The lowest BCUT2D eigenvalue weighted by Gasteiger charge is -2.39. The number of carbonyl (C=O) groups is 2. The monoisotopic (exact) mass is 467 g/mol. The van der Waals surface area contributed by atoms with Gasteiger partial charge in [0.05, 0.1) is 0 Å². The Bertz CT molecular complexity index is 1270. The number of nitrogens with one attached hydrogen (secondary N) is 1. The van der Waals surface area contributed by atoms with Crippen molar-refractivity contribution in [3.8, 4) is 0 Å². The van der Waals surface area contributed by atoms with Crippen LogP contribution in [0.1, 0.15) is 34.5 Å². The fourth-order valence-electron chi connectivity index (χ4n) is 5.59. The average Bonchev–Trinajstić information content (AvgIpc) is 3.26. The summed E-state index contributed by atoms with van der Waals surface area (Å²) < 4.78 is 0. The molecule has 1 N–H and O–H groups in total. The van der Waals surface area contributed by atoms with Gasteiger partial charge in [0, 0.05) is 55.5 Å². The lowest BCUT2D eigenvalue weighted by atomic mass is 10.0. The summed E-state index contributed by atoms with van der Waals surface area (Å²) in [6.07, 6.45) is 5.27. The number of carbonyl (C=O) groups excluding carboxylic acids is 2. The van der Waals surface area contributed by atoms with Crippen LogP contribution in [0, 0.1) is 0 Å².